The molecule has 2 spiro atoms. The van der Waals surface area contributed by atoms with Gasteiger partial charge in [0.15, 0.2) is 11.7 Å². The summed E-state index contributed by atoms with van der Waals surface area (Å²) in [5.74, 6) is 0.255. The molecule has 33 heavy (non-hydrogen) atoms. The number of carbonyl (C=O) groups is 2. The highest BCUT2D eigenvalue weighted by Crippen LogP contribution is 2.80. The first-order valence-corrected chi connectivity index (χ1v) is 12.7. The number of rotatable bonds is 6. The van der Waals surface area contributed by atoms with Crippen molar-refractivity contribution >= 4 is 11.9 Å². The molecule has 4 aliphatic heterocycles. The SMILES string of the molecule is CCN(CC)CC(=O)O[C@@H]1[C@@]2(C(C)C)O[C@H]2[C@@H]2O[C@@]23[C@H]2CCC4=C(COC4=O)[C@@H]2C[C@@H]2O[C@]213. The summed E-state index contributed by atoms with van der Waals surface area (Å²) >= 11 is 0. The van der Waals surface area contributed by atoms with Crippen LogP contribution in [0.5, 0.6) is 0 Å². The summed E-state index contributed by atoms with van der Waals surface area (Å²) < 4.78 is 31.4. The Morgan fingerprint density at radius 2 is 1.94 bits per heavy atom. The van der Waals surface area contributed by atoms with Crippen LogP contribution in [0.1, 0.15) is 47.0 Å². The number of likely N-dealkylation sites (N-methyl/N-ethyl adjacent to an activating group) is 1. The molecule has 0 N–H and O–H groups in total. The van der Waals surface area contributed by atoms with E-state index in [-0.39, 0.29) is 54.5 Å². The quantitative estimate of drug-likeness (QED) is 0.437. The van der Waals surface area contributed by atoms with Crippen LogP contribution in [-0.2, 0) is 33.3 Å². The minimum absolute atomic E-state index is 0.0318. The van der Waals surface area contributed by atoms with Crippen molar-refractivity contribution in [3.63, 3.8) is 0 Å². The molecule has 0 aromatic carbocycles. The van der Waals surface area contributed by atoms with Gasteiger partial charge in [0.05, 0.1) is 12.6 Å². The molecule has 0 aromatic heterocycles. The number of ether oxygens (including phenoxy) is 5. The van der Waals surface area contributed by atoms with Gasteiger partial charge < -0.3 is 23.7 Å². The molecule has 7 aliphatic rings. The summed E-state index contributed by atoms with van der Waals surface area (Å²) in [5.41, 5.74) is 0.337. The van der Waals surface area contributed by atoms with E-state index in [1.807, 2.05) is 13.8 Å². The molecular weight excluding hydrogens is 426 g/mol. The van der Waals surface area contributed by atoms with Gasteiger partial charge in [-0.1, -0.05) is 27.7 Å². The highest BCUT2D eigenvalue weighted by molar-refractivity contribution is 5.92. The van der Waals surface area contributed by atoms with Crippen molar-refractivity contribution in [2.45, 2.75) is 88.2 Å². The predicted molar refractivity (Wildman–Crippen MR) is 114 cm³/mol. The van der Waals surface area contributed by atoms with Crippen LogP contribution in [0, 0.1) is 17.8 Å². The number of nitrogens with zero attached hydrogens (tertiary/aromatic N) is 1. The topological polar surface area (TPSA) is 93.4 Å². The maximum atomic E-state index is 13.1. The Morgan fingerprint density at radius 3 is 2.67 bits per heavy atom. The normalized spacial score (nSPS) is 49.9. The minimum atomic E-state index is -0.642. The van der Waals surface area contributed by atoms with Gasteiger partial charge in [0.25, 0.3) is 0 Å². The van der Waals surface area contributed by atoms with Gasteiger partial charge in [0.2, 0.25) is 0 Å². The lowest BCUT2D eigenvalue weighted by molar-refractivity contribution is -0.166. The van der Waals surface area contributed by atoms with Crippen molar-refractivity contribution in [1.29, 1.82) is 0 Å². The maximum absolute atomic E-state index is 13.1. The first kappa shape index (κ1) is 20.9. The van der Waals surface area contributed by atoms with Gasteiger partial charge in [0.1, 0.15) is 30.0 Å². The summed E-state index contributed by atoms with van der Waals surface area (Å²) in [7, 11) is 0. The van der Waals surface area contributed by atoms with Gasteiger partial charge in [-0.15, -0.1) is 0 Å². The Kier molecular flexibility index (Phi) is 4.04. The van der Waals surface area contributed by atoms with Crippen molar-refractivity contribution in [2.75, 3.05) is 26.2 Å². The number of fused-ring (bicyclic) bond motifs is 4. The molecule has 4 heterocycles. The van der Waals surface area contributed by atoms with Crippen LogP contribution < -0.4 is 0 Å². The molecule has 8 heteroatoms. The second kappa shape index (κ2) is 6.39. The molecule has 0 aromatic rings. The Hall–Kier alpha value is -1.48. The van der Waals surface area contributed by atoms with Crippen LogP contribution in [0.2, 0.25) is 0 Å². The summed E-state index contributed by atoms with van der Waals surface area (Å²) in [6.45, 7) is 10.6. The maximum Gasteiger partial charge on any atom is 0.334 e. The van der Waals surface area contributed by atoms with E-state index in [9.17, 15) is 9.59 Å². The highest BCUT2D eigenvalue weighted by Gasteiger charge is 2.99. The molecule has 2 saturated carbocycles. The van der Waals surface area contributed by atoms with E-state index in [0.717, 1.165) is 43.5 Å². The summed E-state index contributed by atoms with van der Waals surface area (Å²) in [4.78, 5) is 27.4. The van der Waals surface area contributed by atoms with E-state index in [0.29, 0.717) is 6.61 Å². The van der Waals surface area contributed by atoms with Gasteiger partial charge in [0, 0.05) is 11.5 Å². The standard InChI is InChI=1S/C25H33NO7/c1-5-26(6-2)10-18(27)30-22-23(12(3)4)19(32-23)20-24(33-20)16-8-7-13-15(11-29-21(13)28)14(16)9-17-25(22,24)31-17/h12,14,16-17,19-20,22H,5-11H2,1-4H3/t14-,16-,17-,19-,20-,22+,23-,24-,25+/m0/s1. The molecule has 7 rings (SSSR count). The lowest BCUT2D eigenvalue weighted by Gasteiger charge is -2.47. The largest absolute Gasteiger partial charge is 0.458 e. The fourth-order valence-corrected chi connectivity index (χ4v) is 8.18. The molecule has 0 unspecified atom stereocenters. The predicted octanol–water partition coefficient (Wildman–Crippen LogP) is 1.61. The van der Waals surface area contributed by atoms with E-state index in [2.05, 4.69) is 18.7 Å². The van der Waals surface area contributed by atoms with Gasteiger partial charge in [-0.2, -0.15) is 0 Å². The van der Waals surface area contributed by atoms with Crippen LogP contribution >= 0.6 is 0 Å². The number of carbonyl (C=O) groups excluding carboxylic acids is 2. The highest BCUT2D eigenvalue weighted by atomic mass is 16.8. The zero-order valence-corrected chi connectivity index (χ0v) is 19.8. The fraction of sp³-hybridized carbons (Fsp3) is 0.840. The zero-order valence-electron chi connectivity index (χ0n) is 19.8. The Balaban J connectivity index is 1.25. The van der Waals surface area contributed by atoms with E-state index in [4.69, 9.17) is 23.7 Å². The van der Waals surface area contributed by atoms with E-state index < -0.39 is 22.9 Å². The molecule has 3 saturated heterocycles. The monoisotopic (exact) mass is 459 g/mol. The smallest absolute Gasteiger partial charge is 0.334 e. The number of epoxide rings is 3. The second-order valence-electron chi connectivity index (χ2n) is 11.2. The lowest BCUT2D eigenvalue weighted by atomic mass is 9.53. The summed E-state index contributed by atoms with van der Waals surface area (Å²) in [6, 6.07) is 0. The first-order chi connectivity index (χ1) is 15.8. The fourth-order valence-electron chi connectivity index (χ4n) is 8.18. The zero-order chi connectivity index (χ0) is 22.9. The number of cyclic esters (lactones) is 1. The lowest BCUT2D eigenvalue weighted by Crippen LogP contribution is -2.67. The van der Waals surface area contributed by atoms with Crippen LogP contribution in [-0.4, -0.2) is 84.3 Å². The van der Waals surface area contributed by atoms with Crippen molar-refractivity contribution < 1.29 is 33.3 Å². The van der Waals surface area contributed by atoms with Crippen LogP contribution in [0.25, 0.3) is 0 Å². The van der Waals surface area contributed by atoms with Crippen LogP contribution in [0.4, 0.5) is 0 Å². The van der Waals surface area contributed by atoms with Crippen molar-refractivity contribution in [1.82, 2.24) is 4.90 Å². The molecule has 180 valence electrons. The summed E-state index contributed by atoms with van der Waals surface area (Å²) in [5, 5.41) is 0. The Labute approximate surface area is 193 Å². The van der Waals surface area contributed by atoms with E-state index in [1.165, 1.54) is 0 Å². The van der Waals surface area contributed by atoms with Crippen LogP contribution in [0.3, 0.4) is 0 Å². The third kappa shape index (κ3) is 2.27. The molecule has 0 radical (unpaired) electrons. The first-order valence-electron chi connectivity index (χ1n) is 12.7. The Morgan fingerprint density at radius 1 is 1.15 bits per heavy atom. The third-order valence-electron chi connectivity index (χ3n) is 9.90. The van der Waals surface area contributed by atoms with Crippen molar-refractivity contribution in [3.05, 3.63) is 11.1 Å². The van der Waals surface area contributed by atoms with Gasteiger partial charge in [-0.3, -0.25) is 9.69 Å². The number of esters is 2. The van der Waals surface area contributed by atoms with E-state index in [1.54, 1.807) is 0 Å². The second-order valence-corrected chi connectivity index (χ2v) is 11.2. The molecule has 3 aliphatic carbocycles. The van der Waals surface area contributed by atoms with Gasteiger partial charge >= 0.3 is 11.9 Å². The van der Waals surface area contributed by atoms with Gasteiger partial charge in [-0.05, 0) is 49.8 Å². The Bertz CT molecular complexity index is 974. The van der Waals surface area contributed by atoms with Crippen molar-refractivity contribution in [2.24, 2.45) is 17.8 Å². The number of hydrogen-bond donors (Lipinski definition) is 0. The van der Waals surface area contributed by atoms with E-state index >= 15 is 0 Å². The molecular formula is C25H33NO7. The average Bonchev–Trinajstić information content (AvgIpc) is 3.70. The molecule has 5 fully saturated rings. The average molecular weight is 460 g/mol. The van der Waals surface area contributed by atoms with Gasteiger partial charge in [-0.25, -0.2) is 4.79 Å². The third-order valence-corrected chi connectivity index (χ3v) is 9.90. The molecule has 0 amide bonds. The molecule has 0 bridgehead atoms. The number of hydrogen-bond acceptors (Lipinski definition) is 8. The van der Waals surface area contributed by atoms with Crippen LogP contribution in [0.15, 0.2) is 11.1 Å². The summed E-state index contributed by atoms with van der Waals surface area (Å²) in [6.07, 6.45) is 1.78. The van der Waals surface area contributed by atoms with Crippen molar-refractivity contribution in [3.8, 4) is 0 Å². The molecule has 8 nitrogen and oxygen atoms in total. The molecule has 9 atom stereocenters. The minimum Gasteiger partial charge on any atom is -0.458 e.